The van der Waals surface area contributed by atoms with Crippen LogP contribution in [0.3, 0.4) is 0 Å². The number of carbonyl (C=O) groups is 1. The molecule has 1 heterocycles. The smallest absolute Gasteiger partial charge is 0.221 e. The predicted molar refractivity (Wildman–Crippen MR) is 64.9 cm³/mol. The Bertz CT molecular complexity index is 332. The molecule has 0 spiro atoms. The maximum absolute atomic E-state index is 10.7. The Balaban J connectivity index is 2.48. The van der Waals surface area contributed by atoms with Crippen LogP contribution in [0.5, 0.6) is 0 Å². The number of aromatic nitrogens is 1. The molecule has 0 fully saturated rings. The molecule has 0 saturated carbocycles. The van der Waals surface area contributed by atoms with Crippen LogP contribution in [0.4, 0.5) is 0 Å². The van der Waals surface area contributed by atoms with Gasteiger partial charge in [0.1, 0.15) is 0 Å². The Hall–Kier alpha value is -1.38. The average molecular weight is 220 g/mol. The highest BCUT2D eigenvalue weighted by Gasteiger charge is 2.02. The minimum absolute atomic E-state index is 0.276. The Labute approximate surface area is 97.1 Å². The van der Waals surface area contributed by atoms with E-state index in [2.05, 4.69) is 18.8 Å². The summed E-state index contributed by atoms with van der Waals surface area (Å²) in [4.78, 5) is 15.0. The van der Waals surface area contributed by atoms with Crippen LogP contribution in [0.1, 0.15) is 37.9 Å². The Morgan fingerprint density at radius 2 is 2.25 bits per heavy atom. The first-order chi connectivity index (χ1) is 7.61. The molecule has 0 radical (unpaired) electrons. The Morgan fingerprint density at radius 1 is 1.50 bits per heavy atom. The minimum atomic E-state index is -0.311. The fourth-order valence-corrected chi connectivity index (χ4v) is 1.51. The monoisotopic (exact) mass is 220 g/mol. The van der Waals surface area contributed by atoms with Crippen LogP contribution in [0.15, 0.2) is 18.3 Å². The third-order valence-corrected chi connectivity index (χ3v) is 2.85. The van der Waals surface area contributed by atoms with Gasteiger partial charge in [0.25, 0.3) is 0 Å². The normalized spacial score (nSPS) is 12.4. The molecule has 1 rings (SSSR count). The molecule has 0 saturated heterocycles. The molecule has 88 valence electrons. The largest absolute Gasteiger partial charge is 0.369 e. The van der Waals surface area contributed by atoms with Gasteiger partial charge in [0.05, 0.1) is 6.42 Å². The predicted octanol–water partition coefficient (Wildman–Crippen LogP) is 2.09. The highest BCUT2D eigenvalue weighted by Crippen LogP contribution is 2.11. The second-order valence-electron chi connectivity index (χ2n) is 4.35. The molecule has 1 atom stereocenters. The molecule has 1 amide bonds. The zero-order valence-corrected chi connectivity index (χ0v) is 10.1. The van der Waals surface area contributed by atoms with Crippen molar-refractivity contribution in [3.8, 4) is 0 Å². The lowest BCUT2D eigenvalue weighted by atomic mass is 10.0. The number of aryl methyl sites for hydroxylation is 1. The first kappa shape index (κ1) is 12.7. The molecule has 0 aromatic carbocycles. The maximum Gasteiger partial charge on any atom is 0.221 e. The lowest BCUT2D eigenvalue weighted by Crippen LogP contribution is -2.13. The van der Waals surface area contributed by atoms with Crippen molar-refractivity contribution in [2.24, 2.45) is 11.7 Å². The standard InChI is InChI=1S/C13H20N2O/c1-3-10(2)4-6-12-7-5-11(9-15-12)8-13(14)16/h5,7,9-10H,3-4,6,8H2,1-2H3,(H2,14,16). The molecular formula is C13H20N2O. The van der Waals surface area contributed by atoms with E-state index in [0.29, 0.717) is 0 Å². The van der Waals surface area contributed by atoms with E-state index < -0.39 is 0 Å². The number of carbonyl (C=O) groups excluding carboxylic acids is 1. The summed E-state index contributed by atoms with van der Waals surface area (Å²) >= 11 is 0. The van der Waals surface area contributed by atoms with E-state index in [1.165, 1.54) is 12.8 Å². The zero-order valence-electron chi connectivity index (χ0n) is 10.1. The van der Waals surface area contributed by atoms with E-state index >= 15 is 0 Å². The molecule has 3 nitrogen and oxygen atoms in total. The quantitative estimate of drug-likeness (QED) is 0.798. The van der Waals surface area contributed by atoms with Gasteiger partial charge in [0, 0.05) is 11.9 Å². The molecule has 0 bridgehead atoms. The van der Waals surface area contributed by atoms with Crippen molar-refractivity contribution in [2.45, 2.75) is 39.5 Å². The molecule has 1 aromatic rings. The summed E-state index contributed by atoms with van der Waals surface area (Å²) in [5.41, 5.74) is 7.09. The third kappa shape index (κ3) is 4.43. The number of amides is 1. The summed E-state index contributed by atoms with van der Waals surface area (Å²) in [6, 6.07) is 3.92. The fourth-order valence-electron chi connectivity index (χ4n) is 1.51. The number of primary amides is 1. The number of rotatable bonds is 6. The van der Waals surface area contributed by atoms with Crippen LogP contribution in [-0.4, -0.2) is 10.9 Å². The first-order valence-electron chi connectivity index (χ1n) is 5.84. The molecule has 2 N–H and O–H groups in total. The zero-order chi connectivity index (χ0) is 12.0. The maximum atomic E-state index is 10.7. The van der Waals surface area contributed by atoms with Crippen molar-refractivity contribution in [1.29, 1.82) is 0 Å². The molecule has 3 heteroatoms. The fraction of sp³-hybridized carbons (Fsp3) is 0.538. The number of pyridine rings is 1. The summed E-state index contributed by atoms with van der Waals surface area (Å²) < 4.78 is 0. The van der Waals surface area contributed by atoms with Gasteiger partial charge in [-0.15, -0.1) is 0 Å². The Kier molecular flexibility index (Phi) is 4.96. The number of hydrogen-bond donors (Lipinski definition) is 1. The van der Waals surface area contributed by atoms with Gasteiger partial charge in [-0.05, 0) is 30.4 Å². The van der Waals surface area contributed by atoms with E-state index in [4.69, 9.17) is 5.73 Å². The molecule has 0 aliphatic rings. The summed E-state index contributed by atoms with van der Waals surface area (Å²) in [6.07, 6.45) is 5.40. The van der Waals surface area contributed by atoms with Gasteiger partial charge in [0.15, 0.2) is 0 Å². The minimum Gasteiger partial charge on any atom is -0.369 e. The highest BCUT2D eigenvalue weighted by molar-refractivity contribution is 5.76. The second-order valence-corrected chi connectivity index (χ2v) is 4.35. The van der Waals surface area contributed by atoms with E-state index in [-0.39, 0.29) is 12.3 Å². The SMILES string of the molecule is CCC(C)CCc1ccc(CC(N)=O)cn1. The molecular weight excluding hydrogens is 200 g/mol. The van der Waals surface area contributed by atoms with Crippen LogP contribution in [0, 0.1) is 5.92 Å². The van der Waals surface area contributed by atoms with Crippen molar-refractivity contribution in [3.05, 3.63) is 29.6 Å². The summed E-state index contributed by atoms with van der Waals surface area (Å²) in [7, 11) is 0. The summed E-state index contributed by atoms with van der Waals surface area (Å²) in [5, 5.41) is 0. The number of hydrogen-bond acceptors (Lipinski definition) is 2. The lowest BCUT2D eigenvalue weighted by Gasteiger charge is -2.07. The van der Waals surface area contributed by atoms with Gasteiger partial charge in [-0.3, -0.25) is 9.78 Å². The van der Waals surface area contributed by atoms with Crippen LogP contribution in [0.25, 0.3) is 0 Å². The number of nitrogens with zero attached hydrogens (tertiary/aromatic N) is 1. The second kappa shape index (κ2) is 6.26. The summed E-state index contributed by atoms with van der Waals surface area (Å²) in [5.74, 6) is 0.432. The van der Waals surface area contributed by atoms with Crippen molar-refractivity contribution in [3.63, 3.8) is 0 Å². The van der Waals surface area contributed by atoms with E-state index in [1.807, 2.05) is 12.1 Å². The van der Waals surface area contributed by atoms with Crippen molar-refractivity contribution in [2.75, 3.05) is 0 Å². The highest BCUT2D eigenvalue weighted by atomic mass is 16.1. The van der Waals surface area contributed by atoms with Crippen molar-refractivity contribution < 1.29 is 4.79 Å². The topological polar surface area (TPSA) is 56.0 Å². The van der Waals surface area contributed by atoms with Crippen molar-refractivity contribution >= 4 is 5.91 Å². The molecule has 0 aliphatic carbocycles. The number of nitrogens with two attached hydrogens (primary N) is 1. The van der Waals surface area contributed by atoms with Crippen LogP contribution >= 0.6 is 0 Å². The van der Waals surface area contributed by atoms with Gasteiger partial charge < -0.3 is 5.73 Å². The molecule has 16 heavy (non-hydrogen) atoms. The van der Waals surface area contributed by atoms with E-state index in [1.54, 1.807) is 6.20 Å². The lowest BCUT2D eigenvalue weighted by molar-refractivity contribution is -0.117. The Morgan fingerprint density at radius 3 is 2.75 bits per heavy atom. The van der Waals surface area contributed by atoms with E-state index in [0.717, 1.165) is 23.6 Å². The van der Waals surface area contributed by atoms with Crippen molar-refractivity contribution in [1.82, 2.24) is 4.98 Å². The first-order valence-corrected chi connectivity index (χ1v) is 5.84. The third-order valence-electron chi connectivity index (χ3n) is 2.85. The van der Waals surface area contributed by atoms with E-state index in [9.17, 15) is 4.79 Å². The van der Waals surface area contributed by atoms with Gasteiger partial charge in [-0.1, -0.05) is 26.3 Å². The molecule has 1 unspecified atom stereocenters. The van der Waals surface area contributed by atoms with Crippen LogP contribution in [0.2, 0.25) is 0 Å². The summed E-state index contributed by atoms with van der Waals surface area (Å²) in [6.45, 7) is 4.45. The average Bonchev–Trinajstić information content (AvgIpc) is 2.27. The molecule has 1 aromatic heterocycles. The van der Waals surface area contributed by atoms with Gasteiger partial charge in [0.2, 0.25) is 5.91 Å². The van der Waals surface area contributed by atoms with Gasteiger partial charge >= 0.3 is 0 Å². The van der Waals surface area contributed by atoms with Crippen LogP contribution < -0.4 is 5.73 Å². The van der Waals surface area contributed by atoms with Gasteiger partial charge in [-0.2, -0.15) is 0 Å². The van der Waals surface area contributed by atoms with Gasteiger partial charge in [-0.25, -0.2) is 0 Å². The molecule has 0 aliphatic heterocycles. The van der Waals surface area contributed by atoms with Crippen LogP contribution in [-0.2, 0) is 17.6 Å².